The lowest BCUT2D eigenvalue weighted by atomic mass is 9.83. The van der Waals surface area contributed by atoms with Crippen LogP contribution >= 0.6 is 11.3 Å². The zero-order valence-electron chi connectivity index (χ0n) is 18.7. The molecule has 1 N–H and O–H groups in total. The summed E-state index contributed by atoms with van der Waals surface area (Å²) in [7, 11) is 0. The highest BCUT2D eigenvalue weighted by atomic mass is 32.1. The first-order valence-electron chi connectivity index (χ1n) is 11.2. The van der Waals surface area contributed by atoms with Gasteiger partial charge in [-0.15, -0.1) is 11.3 Å². The van der Waals surface area contributed by atoms with Crippen LogP contribution in [0.3, 0.4) is 0 Å². The Hall–Kier alpha value is -4.17. The molecule has 4 aromatic rings. The highest BCUT2D eigenvalue weighted by Gasteiger charge is 2.37. The van der Waals surface area contributed by atoms with Crippen molar-refractivity contribution in [1.82, 2.24) is 4.98 Å². The SMILES string of the molecule is Cc1nc2cc(N3CC(C(=O)Nc4cccc5c4C(=O)c4ccccc4C5=O)CC3=O)ccc2s1. The van der Waals surface area contributed by atoms with Crippen molar-refractivity contribution >= 4 is 56.3 Å². The number of benzene rings is 3. The number of rotatable bonds is 3. The van der Waals surface area contributed by atoms with E-state index in [1.807, 2.05) is 25.1 Å². The number of hydrogen-bond donors (Lipinski definition) is 1. The Balaban J connectivity index is 1.26. The Morgan fingerprint density at radius 1 is 0.971 bits per heavy atom. The molecular formula is C27H19N3O4S. The van der Waals surface area contributed by atoms with Crippen LogP contribution in [-0.2, 0) is 9.59 Å². The molecule has 7 nitrogen and oxygen atoms in total. The second-order valence-corrected chi connectivity index (χ2v) is 9.95. The van der Waals surface area contributed by atoms with Gasteiger partial charge in [-0.05, 0) is 31.2 Å². The van der Waals surface area contributed by atoms with Gasteiger partial charge in [0.2, 0.25) is 11.8 Å². The molecule has 1 atom stereocenters. The van der Waals surface area contributed by atoms with Crippen LogP contribution in [0.25, 0.3) is 10.2 Å². The third kappa shape index (κ3) is 3.45. The normalized spacial score (nSPS) is 17.0. The van der Waals surface area contributed by atoms with Crippen LogP contribution in [0.5, 0.6) is 0 Å². The molecule has 0 radical (unpaired) electrons. The maximum atomic E-state index is 13.2. The lowest BCUT2D eigenvalue weighted by Gasteiger charge is -2.21. The summed E-state index contributed by atoms with van der Waals surface area (Å²) in [6.45, 7) is 2.16. The molecule has 0 saturated carbocycles. The number of ketones is 2. The largest absolute Gasteiger partial charge is 0.325 e. The number of anilines is 2. The standard InChI is InChI=1S/C27H19N3O4S/c1-14-28-21-12-16(9-10-22(21)35-14)30-13-15(11-23(30)31)27(34)29-20-8-4-7-19-24(20)26(33)18-6-3-2-5-17(18)25(19)32/h2-10,12,15H,11,13H2,1H3,(H,29,34). The Kier molecular flexibility index (Phi) is 4.86. The monoisotopic (exact) mass is 481 g/mol. The zero-order valence-corrected chi connectivity index (χ0v) is 19.5. The van der Waals surface area contributed by atoms with Crippen LogP contribution < -0.4 is 10.2 Å². The second-order valence-electron chi connectivity index (χ2n) is 8.71. The Morgan fingerprint density at radius 2 is 1.71 bits per heavy atom. The predicted molar refractivity (Wildman–Crippen MR) is 133 cm³/mol. The van der Waals surface area contributed by atoms with Crippen LogP contribution in [0.1, 0.15) is 43.3 Å². The maximum absolute atomic E-state index is 13.2. The molecule has 1 unspecified atom stereocenters. The second kappa shape index (κ2) is 7.95. The minimum Gasteiger partial charge on any atom is -0.325 e. The fourth-order valence-corrected chi connectivity index (χ4v) is 5.62. The molecule has 3 aromatic carbocycles. The van der Waals surface area contributed by atoms with E-state index in [2.05, 4.69) is 10.3 Å². The minimum absolute atomic E-state index is 0.0602. The first kappa shape index (κ1) is 21.4. The number of nitrogens with zero attached hydrogens (tertiary/aromatic N) is 2. The first-order valence-corrected chi connectivity index (χ1v) is 12.0. The number of aryl methyl sites for hydroxylation is 1. The van der Waals surface area contributed by atoms with Gasteiger partial charge >= 0.3 is 0 Å². The van der Waals surface area contributed by atoms with E-state index in [4.69, 9.17) is 0 Å². The van der Waals surface area contributed by atoms with E-state index in [0.717, 1.165) is 15.2 Å². The summed E-state index contributed by atoms with van der Waals surface area (Å²) < 4.78 is 1.04. The van der Waals surface area contributed by atoms with Gasteiger partial charge in [-0.25, -0.2) is 4.98 Å². The van der Waals surface area contributed by atoms with Crippen LogP contribution in [0.4, 0.5) is 11.4 Å². The molecular weight excluding hydrogens is 462 g/mol. The lowest BCUT2D eigenvalue weighted by molar-refractivity contribution is -0.122. The van der Waals surface area contributed by atoms with E-state index < -0.39 is 5.92 Å². The molecule has 1 fully saturated rings. The van der Waals surface area contributed by atoms with Crippen LogP contribution in [0.15, 0.2) is 60.7 Å². The molecule has 2 aliphatic rings. The molecule has 8 heteroatoms. The summed E-state index contributed by atoms with van der Waals surface area (Å²) in [5.74, 6) is -1.65. The van der Waals surface area contributed by atoms with Crippen molar-refractivity contribution in [3.8, 4) is 0 Å². The van der Waals surface area contributed by atoms with Gasteiger partial charge in [-0.1, -0.05) is 36.4 Å². The molecule has 1 aliphatic heterocycles. The summed E-state index contributed by atoms with van der Waals surface area (Å²) >= 11 is 1.59. The number of fused-ring (bicyclic) bond motifs is 3. The van der Waals surface area contributed by atoms with E-state index in [-0.39, 0.29) is 53.2 Å². The summed E-state index contributed by atoms with van der Waals surface area (Å²) in [4.78, 5) is 58.2. The van der Waals surface area contributed by atoms with Crippen molar-refractivity contribution in [2.75, 3.05) is 16.8 Å². The average Bonchev–Trinajstić information content (AvgIpc) is 3.43. The third-order valence-corrected chi connectivity index (χ3v) is 7.45. The van der Waals surface area contributed by atoms with Crippen molar-refractivity contribution in [3.63, 3.8) is 0 Å². The highest BCUT2D eigenvalue weighted by molar-refractivity contribution is 7.18. The summed E-state index contributed by atoms with van der Waals surface area (Å²) in [5, 5.41) is 3.77. The van der Waals surface area contributed by atoms with Gasteiger partial charge in [0.25, 0.3) is 0 Å². The highest BCUT2D eigenvalue weighted by Crippen LogP contribution is 2.34. The molecule has 1 aliphatic carbocycles. The number of carbonyl (C=O) groups excluding carboxylic acids is 4. The smallest absolute Gasteiger partial charge is 0.229 e. The number of carbonyl (C=O) groups is 4. The van der Waals surface area contributed by atoms with Gasteiger partial charge in [0.1, 0.15) is 0 Å². The van der Waals surface area contributed by atoms with Crippen LogP contribution in [-0.4, -0.2) is 34.9 Å². The summed E-state index contributed by atoms with van der Waals surface area (Å²) in [6.07, 6.45) is 0.0602. The predicted octanol–water partition coefficient (Wildman–Crippen LogP) is 4.37. The van der Waals surface area contributed by atoms with E-state index in [1.165, 1.54) is 0 Å². The Labute approximate surface area is 204 Å². The lowest BCUT2D eigenvalue weighted by Crippen LogP contribution is -2.29. The molecule has 172 valence electrons. The Bertz CT molecular complexity index is 1590. The fraction of sp³-hybridized carbons (Fsp3) is 0.148. The van der Waals surface area contributed by atoms with Crippen molar-refractivity contribution < 1.29 is 19.2 Å². The fourth-order valence-electron chi connectivity index (χ4n) is 4.82. The van der Waals surface area contributed by atoms with Crippen molar-refractivity contribution in [1.29, 1.82) is 0 Å². The third-order valence-electron chi connectivity index (χ3n) is 6.50. The average molecular weight is 482 g/mol. The number of hydrogen-bond acceptors (Lipinski definition) is 6. The summed E-state index contributed by atoms with van der Waals surface area (Å²) in [5.41, 5.74) is 2.95. The molecule has 2 heterocycles. The van der Waals surface area contributed by atoms with Crippen molar-refractivity contribution in [3.05, 3.63) is 87.9 Å². The molecule has 6 rings (SSSR count). The van der Waals surface area contributed by atoms with Gasteiger partial charge in [-0.3, -0.25) is 19.2 Å². The van der Waals surface area contributed by atoms with Gasteiger partial charge in [0.05, 0.1) is 32.4 Å². The molecule has 1 saturated heterocycles. The molecule has 0 bridgehead atoms. The minimum atomic E-state index is -0.590. The van der Waals surface area contributed by atoms with Crippen molar-refractivity contribution in [2.45, 2.75) is 13.3 Å². The van der Waals surface area contributed by atoms with E-state index in [1.54, 1.807) is 58.7 Å². The number of amides is 2. The molecule has 1 aromatic heterocycles. The molecule has 35 heavy (non-hydrogen) atoms. The number of aromatic nitrogens is 1. The zero-order chi connectivity index (χ0) is 24.3. The number of thiazole rings is 1. The van der Waals surface area contributed by atoms with Gasteiger partial charge in [0, 0.05) is 35.3 Å². The van der Waals surface area contributed by atoms with Crippen molar-refractivity contribution in [2.24, 2.45) is 5.92 Å². The van der Waals surface area contributed by atoms with E-state index >= 15 is 0 Å². The van der Waals surface area contributed by atoms with Gasteiger partial charge in [-0.2, -0.15) is 0 Å². The Morgan fingerprint density at radius 3 is 2.51 bits per heavy atom. The van der Waals surface area contributed by atoms with Crippen LogP contribution in [0.2, 0.25) is 0 Å². The summed E-state index contributed by atoms with van der Waals surface area (Å²) in [6, 6.07) is 17.2. The topological polar surface area (TPSA) is 96.4 Å². The molecule has 2 amide bonds. The van der Waals surface area contributed by atoms with Crippen LogP contribution in [0, 0.1) is 12.8 Å². The van der Waals surface area contributed by atoms with E-state index in [0.29, 0.717) is 16.8 Å². The number of nitrogens with one attached hydrogen (secondary N) is 1. The first-order chi connectivity index (χ1) is 16.9. The van der Waals surface area contributed by atoms with E-state index in [9.17, 15) is 19.2 Å². The van der Waals surface area contributed by atoms with Gasteiger partial charge < -0.3 is 10.2 Å². The quantitative estimate of drug-likeness (QED) is 0.413. The molecule has 0 spiro atoms. The van der Waals surface area contributed by atoms with Gasteiger partial charge in [0.15, 0.2) is 11.6 Å². The maximum Gasteiger partial charge on any atom is 0.229 e.